The number of nitrogens with zero attached hydrogens (tertiary/aromatic N) is 2. The molecule has 0 aliphatic heterocycles. The highest BCUT2D eigenvalue weighted by Gasteiger charge is 2.19. The average Bonchev–Trinajstić information content (AvgIpc) is 3.14. The predicted octanol–water partition coefficient (Wildman–Crippen LogP) is 6.51. The van der Waals surface area contributed by atoms with Gasteiger partial charge in [-0.3, -0.25) is 4.79 Å². The maximum Gasteiger partial charge on any atom is 0.285 e. The second-order valence-electron chi connectivity index (χ2n) is 5.29. The number of aromatic nitrogens is 2. The minimum absolute atomic E-state index is 0.0877. The van der Waals surface area contributed by atoms with E-state index >= 15 is 0 Å². The number of hydrogen-bond acceptors (Lipinski definition) is 5. The lowest BCUT2D eigenvalue weighted by atomic mass is 10.1. The van der Waals surface area contributed by atoms with Gasteiger partial charge in [-0.2, -0.15) is 0 Å². The molecule has 0 bridgehead atoms. The lowest BCUT2D eigenvalue weighted by Gasteiger charge is -2.16. The van der Waals surface area contributed by atoms with E-state index in [1.807, 2.05) is 35.0 Å². The number of benzene rings is 2. The van der Waals surface area contributed by atoms with Crippen LogP contribution in [-0.2, 0) is 6.54 Å². The monoisotopic (exact) mass is 424 g/mol. The zero-order valence-electron chi connectivity index (χ0n) is 13.4. The van der Waals surface area contributed by atoms with Crippen LogP contribution in [0.5, 0.6) is 5.75 Å². The molecule has 1 unspecified atom stereocenters. The second-order valence-corrected chi connectivity index (χ2v) is 8.30. The van der Waals surface area contributed by atoms with Gasteiger partial charge in [0.1, 0.15) is 17.8 Å². The van der Waals surface area contributed by atoms with Gasteiger partial charge in [0.05, 0.1) is 11.6 Å². The molecular formula is C18H14Cl2N2O2S2. The van der Waals surface area contributed by atoms with Crippen LogP contribution in [0.25, 0.3) is 0 Å². The van der Waals surface area contributed by atoms with Crippen molar-refractivity contribution >= 4 is 51.5 Å². The Morgan fingerprint density at radius 1 is 1.08 bits per heavy atom. The van der Waals surface area contributed by atoms with Gasteiger partial charge < -0.3 is 8.75 Å². The van der Waals surface area contributed by atoms with Crippen molar-refractivity contribution < 1.29 is 8.98 Å². The SMILES string of the molecule is O=C(SOc1ccc(Cl)cc1)SC(Cn1ccnc1)c1ccc(Cl)cc1. The average molecular weight is 425 g/mol. The molecule has 1 atom stereocenters. The Hall–Kier alpha value is -1.60. The van der Waals surface area contributed by atoms with Gasteiger partial charge >= 0.3 is 0 Å². The number of halogens is 2. The Balaban J connectivity index is 1.65. The number of thioether (sulfide) groups is 1. The van der Waals surface area contributed by atoms with Crippen molar-refractivity contribution in [1.82, 2.24) is 9.55 Å². The Morgan fingerprint density at radius 2 is 1.73 bits per heavy atom. The van der Waals surface area contributed by atoms with E-state index < -0.39 is 0 Å². The summed E-state index contributed by atoms with van der Waals surface area (Å²) in [6.07, 6.45) is 5.31. The van der Waals surface area contributed by atoms with Crippen LogP contribution < -0.4 is 4.18 Å². The number of carbonyl (C=O) groups excluding carboxylic acids is 1. The number of hydrogen-bond donors (Lipinski definition) is 0. The van der Waals surface area contributed by atoms with Crippen molar-refractivity contribution in [3.05, 3.63) is 82.9 Å². The third kappa shape index (κ3) is 5.71. The topological polar surface area (TPSA) is 44.1 Å². The zero-order valence-corrected chi connectivity index (χ0v) is 16.6. The highest BCUT2D eigenvalue weighted by molar-refractivity contribution is 8.37. The standard InChI is InChI=1S/C18H14Cl2N2O2S2/c19-14-3-1-13(2-4-14)17(11-22-10-9-21-12-22)25-18(23)26-24-16-7-5-15(20)6-8-16/h1-10,12,17H,11H2. The molecule has 0 N–H and O–H groups in total. The van der Waals surface area contributed by atoms with Gasteiger partial charge in [-0.1, -0.05) is 47.1 Å². The normalized spacial score (nSPS) is 11.9. The molecule has 0 saturated heterocycles. The molecule has 0 aliphatic carbocycles. The fourth-order valence-electron chi connectivity index (χ4n) is 2.18. The molecule has 3 rings (SSSR count). The first kappa shape index (κ1) is 19.2. The van der Waals surface area contributed by atoms with Gasteiger partial charge in [-0.05, 0) is 42.0 Å². The van der Waals surface area contributed by atoms with Crippen molar-refractivity contribution in [2.45, 2.75) is 11.8 Å². The van der Waals surface area contributed by atoms with E-state index in [4.69, 9.17) is 27.4 Å². The van der Waals surface area contributed by atoms with Crippen LogP contribution in [0.3, 0.4) is 0 Å². The van der Waals surface area contributed by atoms with E-state index in [0.29, 0.717) is 22.3 Å². The second kappa shape index (κ2) is 9.37. The third-order valence-corrected chi connectivity index (χ3v) is 5.74. The largest absolute Gasteiger partial charge is 0.417 e. The molecule has 0 aliphatic rings. The Kier molecular flexibility index (Phi) is 6.91. The summed E-state index contributed by atoms with van der Waals surface area (Å²) in [5.41, 5.74) is 1.01. The molecule has 8 heteroatoms. The fourth-order valence-corrected chi connectivity index (χ4v) is 4.09. The minimum atomic E-state index is -0.139. The first-order valence-corrected chi connectivity index (χ1v) is 10.00. The lowest BCUT2D eigenvalue weighted by Crippen LogP contribution is -2.06. The van der Waals surface area contributed by atoms with Crippen LogP contribution in [0.15, 0.2) is 67.3 Å². The van der Waals surface area contributed by atoms with Gasteiger partial charge in [-0.15, -0.1) is 0 Å². The van der Waals surface area contributed by atoms with Crippen molar-refractivity contribution in [2.75, 3.05) is 0 Å². The van der Waals surface area contributed by atoms with E-state index in [0.717, 1.165) is 17.6 Å². The fraction of sp³-hybridized carbons (Fsp3) is 0.111. The highest BCUT2D eigenvalue weighted by Crippen LogP contribution is 2.36. The smallest absolute Gasteiger partial charge is 0.285 e. The van der Waals surface area contributed by atoms with E-state index in [1.54, 1.807) is 36.8 Å². The lowest BCUT2D eigenvalue weighted by molar-refractivity contribution is 0.275. The van der Waals surface area contributed by atoms with E-state index in [-0.39, 0.29) is 9.70 Å². The Bertz CT molecular complexity index is 841. The molecule has 1 heterocycles. The molecule has 4 nitrogen and oxygen atoms in total. The molecule has 0 amide bonds. The Labute approximate surface area is 170 Å². The van der Waals surface area contributed by atoms with E-state index in [2.05, 4.69) is 4.98 Å². The predicted molar refractivity (Wildman–Crippen MR) is 109 cm³/mol. The van der Waals surface area contributed by atoms with Crippen molar-refractivity contribution in [3.63, 3.8) is 0 Å². The molecule has 26 heavy (non-hydrogen) atoms. The molecule has 134 valence electrons. The summed E-state index contributed by atoms with van der Waals surface area (Å²) in [6.45, 7) is 0.611. The molecule has 2 aromatic carbocycles. The maximum absolute atomic E-state index is 12.4. The summed E-state index contributed by atoms with van der Waals surface area (Å²) in [4.78, 5) is 16.4. The van der Waals surface area contributed by atoms with Crippen molar-refractivity contribution in [3.8, 4) is 5.75 Å². The van der Waals surface area contributed by atoms with Gasteiger partial charge in [0.2, 0.25) is 0 Å². The Morgan fingerprint density at radius 3 is 2.35 bits per heavy atom. The van der Waals surface area contributed by atoms with Crippen LogP contribution in [0.1, 0.15) is 10.8 Å². The summed E-state index contributed by atoms with van der Waals surface area (Å²) in [5.74, 6) is 0.575. The molecule has 3 aromatic rings. The number of carbonyl (C=O) groups is 1. The van der Waals surface area contributed by atoms with Crippen LogP contribution >= 0.6 is 47.0 Å². The number of rotatable bonds is 6. The summed E-state index contributed by atoms with van der Waals surface area (Å²) >= 11 is 13.8. The van der Waals surface area contributed by atoms with Crippen molar-refractivity contribution in [1.29, 1.82) is 0 Å². The number of imidazole rings is 1. The van der Waals surface area contributed by atoms with Crippen LogP contribution in [0.4, 0.5) is 4.79 Å². The molecule has 0 saturated carbocycles. The van der Waals surface area contributed by atoms with Crippen LogP contribution in [0.2, 0.25) is 10.0 Å². The highest BCUT2D eigenvalue weighted by atomic mass is 35.5. The molecular weight excluding hydrogens is 411 g/mol. The molecule has 0 spiro atoms. The van der Waals surface area contributed by atoms with Gasteiger partial charge in [0, 0.05) is 29.0 Å². The van der Waals surface area contributed by atoms with Gasteiger partial charge in [0.25, 0.3) is 4.45 Å². The van der Waals surface area contributed by atoms with Gasteiger partial charge in [-0.25, -0.2) is 4.98 Å². The zero-order chi connectivity index (χ0) is 18.4. The first-order valence-electron chi connectivity index (χ1n) is 7.62. The van der Waals surface area contributed by atoms with E-state index in [1.165, 1.54) is 11.8 Å². The minimum Gasteiger partial charge on any atom is -0.417 e. The third-order valence-electron chi connectivity index (χ3n) is 3.44. The van der Waals surface area contributed by atoms with Gasteiger partial charge in [0.15, 0.2) is 0 Å². The quantitative estimate of drug-likeness (QED) is 0.421. The summed E-state index contributed by atoms with van der Waals surface area (Å²) in [7, 11) is 0. The molecule has 0 fully saturated rings. The maximum atomic E-state index is 12.4. The van der Waals surface area contributed by atoms with Crippen LogP contribution in [-0.4, -0.2) is 14.0 Å². The summed E-state index contributed by atoms with van der Waals surface area (Å²) in [5, 5.41) is 1.19. The van der Waals surface area contributed by atoms with E-state index in [9.17, 15) is 4.79 Å². The molecule has 1 aromatic heterocycles. The van der Waals surface area contributed by atoms with Crippen molar-refractivity contribution in [2.24, 2.45) is 0 Å². The first-order chi connectivity index (χ1) is 12.6. The molecule has 0 radical (unpaired) electrons. The van der Waals surface area contributed by atoms with Crippen LogP contribution in [0, 0.1) is 0 Å². The summed E-state index contributed by atoms with van der Waals surface area (Å²) < 4.78 is 7.26. The summed E-state index contributed by atoms with van der Waals surface area (Å²) in [6, 6.07) is 14.4.